The van der Waals surface area contributed by atoms with Gasteiger partial charge in [0.2, 0.25) is 0 Å². The van der Waals surface area contributed by atoms with E-state index in [0.717, 1.165) is 73.6 Å². The van der Waals surface area contributed by atoms with Gasteiger partial charge in [-0.15, -0.1) is 0 Å². The van der Waals surface area contributed by atoms with E-state index in [2.05, 4.69) is 297 Å². The predicted molar refractivity (Wildman–Crippen MR) is 334 cm³/mol. The molecule has 4 nitrogen and oxygen atoms in total. The zero-order valence-electron chi connectivity index (χ0n) is 44.6. The highest BCUT2D eigenvalue weighted by Crippen LogP contribution is 2.57. The standard InChI is InChI=1S/C75H54N4/c1-46-53-21-6-7-22-54(53)55-37-33-48(42-60(46)55)47-19-18-20-49(41-47)73-58-39-35-52(79-71-31-16-12-27-67(71)77(5)68-28-13-17-32-72(68)79)45-62(58)74(50-34-38-57-56-23-8-9-24-63(56)75(2,3)64(57)43-50)59-40-36-51(44-61(59)73)78-69-29-14-10-25-65(69)76(4)66-26-11-15-30-70(66)78/h6-45H,1H2,2-5H3. The summed E-state index contributed by atoms with van der Waals surface area (Å²) in [4.78, 5) is 9.57. The van der Waals surface area contributed by atoms with E-state index in [-0.39, 0.29) is 5.41 Å². The molecule has 0 aromatic heterocycles. The van der Waals surface area contributed by atoms with Crippen molar-refractivity contribution >= 4 is 84.0 Å². The average molecular weight is 1010 g/mol. The van der Waals surface area contributed by atoms with Crippen molar-refractivity contribution in [2.75, 3.05) is 33.7 Å². The van der Waals surface area contributed by atoms with Gasteiger partial charge in [0.1, 0.15) is 0 Å². The van der Waals surface area contributed by atoms with Crippen molar-refractivity contribution in [2.24, 2.45) is 0 Å². The van der Waals surface area contributed by atoms with Gasteiger partial charge in [-0.25, -0.2) is 0 Å². The Morgan fingerprint density at radius 1 is 0.291 bits per heavy atom. The first-order chi connectivity index (χ1) is 38.7. The van der Waals surface area contributed by atoms with Crippen LogP contribution in [0, 0.1) is 0 Å². The summed E-state index contributed by atoms with van der Waals surface area (Å²) < 4.78 is 0. The van der Waals surface area contributed by atoms with Crippen molar-refractivity contribution in [3.8, 4) is 55.6 Å². The SMILES string of the molecule is C=C1c2ccccc2-c2ccc(-c3cccc(-c4c5ccc(N6c7ccccc7N(C)c7ccccc76)cc5c(-c5ccc6c(c5)C(C)(C)c5ccccc5-6)c5ccc(N6c7ccccc7N(C)c7ccccc76)cc45)c3)cc21. The molecule has 2 heterocycles. The van der Waals surface area contributed by atoms with E-state index in [1.165, 1.54) is 88.3 Å². The van der Waals surface area contributed by atoms with Crippen LogP contribution in [-0.4, -0.2) is 14.1 Å². The molecule has 16 rings (SSSR count). The molecule has 0 bridgehead atoms. The van der Waals surface area contributed by atoms with Crippen LogP contribution in [0.2, 0.25) is 0 Å². The van der Waals surface area contributed by atoms with Gasteiger partial charge in [0.25, 0.3) is 0 Å². The molecule has 2 aliphatic carbocycles. The molecule has 4 aliphatic rings. The molecule has 0 spiro atoms. The van der Waals surface area contributed by atoms with Crippen LogP contribution in [0.5, 0.6) is 0 Å². The minimum Gasteiger partial charge on any atom is -0.341 e. The van der Waals surface area contributed by atoms with Crippen LogP contribution in [0.4, 0.5) is 56.9 Å². The normalized spacial score (nSPS) is 14.1. The average Bonchev–Trinajstić information content (AvgIpc) is 4.06. The van der Waals surface area contributed by atoms with E-state index < -0.39 is 0 Å². The Hall–Kier alpha value is -9.90. The van der Waals surface area contributed by atoms with Gasteiger partial charge in [-0.3, -0.25) is 0 Å². The lowest BCUT2D eigenvalue weighted by Crippen LogP contribution is -2.24. The minimum absolute atomic E-state index is 0.186. The zero-order chi connectivity index (χ0) is 52.8. The van der Waals surface area contributed by atoms with Crippen molar-refractivity contribution in [3.05, 3.63) is 271 Å². The summed E-state index contributed by atoms with van der Waals surface area (Å²) in [5.74, 6) is 0. The largest absolute Gasteiger partial charge is 0.341 e. The molecule has 2 aliphatic heterocycles. The second kappa shape index (κ2) is 16.8. The number of hydrogen-bond acceptors (Lipinski definition) is 4. The van der Waals surface area contributed by atoms with Crippen molar-refractivity contribution in [1.29, 1.82) is 0 Å². The molecule has 0 radical (unpaired) electrons. The molecule has 0 atom stereocenters. The number of rotatable bonds is 5. The van der Waals surface area contributed by atoms with Gasteiger partial charge in [-0.2, -0.15) is 0 Å². The fourth-order valence-electron chi connectivity index (χ4n) is 14.0. The zero-order valence-corrected chi connectivity index (χ0v) is 44.6. The Morgan fingerprint density at radius 3 is 1.25 bits per heavy atom. The van der Waals surface area contributed by atoms with Gasteiger partial charge in [0.05, 0.1) is 45.5 Å². The van der Waals surface area contributed by atoms with E-state index in [1.807, 2.05) is 0 Å². The first-order valence-corrected chi connectivity index (χ1v) is 27.5. The summed E-state index contributed by atoms with van der Waals surface area (Å²) in [7, 11) is 4.36. The second-order valence-electron chi connectivity index (χ2n) is 22.2. The fraction of sp³-hybridized carbons (Fsp3) is 0.0667. The highest BCUT2D eigenvalue weighted by Gasteiger charge is 2.36. The Bertz CT molecular complexity index is 4520. The second-order valence-corrected chi connectivity index (χ2v) is 22.2. The predicted octanol–water partition coefficient (Wildman–Crippen LogP) is 20.4. The first-order valence-electron chi connectivity index (χ1n) is 27.5. The highest BCUT2D eigenvalue weighted by molar-refractivity contribution is 6.23. The molecule has 0 amide bonds. The molecule has 4 heteroatoms. The number of nitrogens with zero attached hydrogens (tertiary/aromatic N) is 4. The van der Waals surface area contributed by atoms with E-state index >= 15 is 0 Å². The van der Waals surface area contributed by atoms with E-state index in [0.29, 0.717) is 0 Å². The van der Waals surface area contributed by atoms with Gasteiger partial charge >= 0.3 is 0 Å². The van der Waals surface area contributed by atoms with Crippen LogP contribution in [0.3, 0.4) is 0 Å². The third kappa shape index (κ3) is 6.49. The van der Waals surface area contributed by atoms with Crippen LogP contribution >= 0.6 is 0 Å². The maximum absolute atomic E-state index is 4.61. The lowest BCUT2D eigenvalue weighted by atomic mass is 9.80. The number of hydrogen-bond donors (Lipinski definition) is 0. The molecule has 0 unspecified atom stereocenters. The van der Waals surface area contributed by atoms with E-state index in [9.17, 15) is 0 Å². The number of anilines is 10. The quantitative estimate of drug-likeness (QED) is 0.159. The Morgan fingerprint density at radius 2 is 0.696 bits per heavy atom. The molecule has 0 saturated heterocycles. The monoisotopic (exact) mass is 1010 g/mol. The summed E-state index contributed by atoms with van der Waals surface area (Å²) >= 11 is 0. The molecule has 0 fully saturated rings. The smallest absolute Gasteiger partial charge is 0.0699 e. The molecule has 0 N–H and O–H groups in total. The third-order valence-corrected chi connectivity index (χ3v) is 17.8. The molecule has 12 aromatic rings. The third-order valence-electron chi connectivity index (χ3n) is 17.8. The van der Waals surface area contributed by atoms with Crippen LogP contribution in [0.15, 0.2) is 249 Å². The van der Waals surface area contributed by atoms with E-state index in [1.54, 1.807) is 0 Å². The van der Waals surface area contributed by atoms with Crippen molar-refractivity contribution < 1.29 is 0 Å². The first kappa shape index (κ1) is 45.3. The van der Waals surface area contributed by atoms with Crippen LogP contribution in [0.25, 0.3) is 82.8 Å². The lowest BCUT2D eigenvalue weighted by Gasteiger charge is -2.39. The lowest BCUT2D eigenvalue weighted by molar-refractivity contribution is 0.660. The molecule has 79 heavy (non-hydrogen) atoms. The molecular formula is C75H54N4. The van der Waals surface area contributed by atoms with Crippen LogP contribution in [-0.2, 0) is 5.41 Å². The van der Waals surface area contributed by atoms with Crippen molar-refractivity contribution in [3.63, 3.8) is 0 Å². The van der Waals surface area contributed by atoms with Gasteiger partial charge in [0.15, 0.2) is 0 Å². The molecule has 12 aromatic carbocycles. The molecule has 0 saturated carbocycles. The number of benzene rings is 12. The number of para-hydroxylation sites is 8. The Labute approximate surface area is 461 Å². The minimum atomic E-state index is -0.186. The van der Waals surface area contributed by atoms with Crippen LogP contribution < -0.4 is 19.6 Å². The van der Waals surface area contributed by atoms with Crippen molar-refractivity contribution in [1.82, 2.24) is 0 Å². The summed E-state index contributed by atoms with van der Waals surface area (Å²) in [5.41, 5.74) is 29.7. The van der Waals surface area contributed by atoms with Gasteiger partial charge in [0, 0.05) is 30.9 Å². The topological polar surface area (TPSA) is 13.0 Å². The van der Waals surface area contributed by atoms with Gasteiger partial charge in [-0.1, -0.05) is 172 Å². The Balaban J connectivity index is 0.994. The van der Waals surface area contributed by atoms with Crippen LogP contribution in [0.1, 0.15) is 36.1 Å². The highest BCUT2D eigenvalue weighted by atomic mass is 15.3. The summed E-state index contributed by atoms with van der Waals surface area (Å²) in [5, 5.41) is 4.77. The van der Waals surface area contributed by atoms with Gasteiger partial charge < -0.3 is 19.6 Å². The fourth-order valence-corrected chi connectivity index (χ4v) is 14.0. The van der Waals surface area contributed by atoms with Gasteiger partial charge in [-0.05, 0) is 196 Å². The summed E-state index contributed by atoms with van der Waals surface area (Å²) in [6.45, 7) is 9.39. The Kier molecular flexibility index (Phi) is 9.63. The summed E-state index contributed by atoms with van der Waals surface area (Å²) in [6.07, 6.45) is 0. The molecular weight excluding hydrogens is 957 g/mol. The number of fused-ring (bicyclic) bond motifs is 12. The summed E-state index contributed by atoms with van der Waals surface area (Å²) in [6, 6.07) is 90.8. The van der Waals surface area contributed by atoms with E-state index in [4.69, 9.17) is 0 Å². The maximum atomic E-state index is 4.61. The molecule has 374 valence electrons. The van der Waals surface area contributed by atoms with Crippen molar-refractivity contribution in [2.45, 2.75) is 19.3 Å². The maximum Gasteiger partial charge on any atom is 0.0699 e.